The van der Waals surface area contributed by atoms with Gasteiger partial charge in [-0.1, -0.05) is 58.9 Å². The molecule has 0 aliphatic rings. The molecule has 0 aliphatic heterocycles. The first-order valence-electron chi connectivity index (χ1n) is 6.80. The van der Waals surface area contributed by atoms with Gasteiger partial charge in [0, 0.05) is 12.6 Å². The second-order valence-electron chi connectivity index (χ2n) is 6.37. The van der Waals surface area contributed by atoms with Gasteiger partial charge in [0.15, 0.2) is 0 Å². The normalized spacial score (nSPS) is 13.9. The lowest BCUT2D eigenvalue weighted by atomic mass is 9.86. The molecule has 0 aliphatic carbocycles. The summed E-state index contributed by atoms with van der Waals surface area (Å²) in [7, 11) is 0. The van der Waals surface area contributed by atoms with Crippen LogP contribution in [0.3, 0.4) is 0 Å². The fourth-order valence-electron chi connectivity index (χ4n) is 1.86. The lowest BCUT2D eigenvalue weighted by molar-refractivity contribution is 0.169. The third-order valence-electron chi connectivity index (χ3n) is 3.05. The quantitative estimate of drug-likeness (QED) is 0.841. The highest BCUT2D eigenvalue weighted by Gasteiger charge is 2.13. The molecule has 1 atom stereocenters. The van der Waals surface area contributed by atoms with Gasteiger partial charge in [-0.3, -0.25) is 0 Å². The highest BCUT2D eigenvalue weighted by molar-refractivity contribution is 5.27. The molecule has 0 amide bonds. The van der Waals surface area contributed by atoms with E-state index in [0.29, 0.717) is 19.0 Å². The number of aliphatic hydroxyl groups excluding tert-OH is 1. The van der Waals surface area contributed by atoms with Gasteiger partial charge in [0.25, 0.3) is 0 Å². The van der Waals surface area contributed by atoms with Crippen LogP contribution in [0.25, 0.3) is 0 Å². The van der Waals surface area contributed by atoms with Gasteiger partial charge in [-0.15, -0.1) is 0 Å². The summed E-state index contributed by atoms with van der Waals surface area (Å²) in [6.45, 7) is 11.5. The SMILES string of the molecule is CC(C)NCC(O)Cc1ccc(C(C)(C)C)cc1. The molecule has 1 aromatic rings. The molecule has 0 heterocycles. The molecule has 1 aromatic carbocycles. The highest BCUT2D eigenvalue weighted by atomic mass is 16.3. The molecule has 2 nitrogen and oxygen atoms in total. The molecule has 2 heteroatoms. The molecule has 102 valence electrons. The molecule has 0 spiro atoms. The Labute approximate surface area is 111 Å². The van der Waals surface area contributed by atoms with Crippen LogP contribution < -0.4 is 5.32 Å². The molecule has 0 fully saturated rings. The number of nitrogens with one attached hydrogen (secondary N) is 1. The third kappa shape index (κ3) is 5.19. The van der Waals surface area contributed by atoms with Crippen LogP contribution in [0, 0.1) is 0 Å². The van der Waals surface area contributed by atoms with E-state index in [1.54, 1.807) is 0 Å². The van der Waals surface area contributed by atoms with Crippen LogP contribution in [-0.2, 0) is 11.8 Å². The lowest BCUT2D eigenvalue weighted by Gasteiger charge is -2.19. The van der Waals surface area contributed by atoms with E-state index in [-0.39, 0.29) is 11.5 Å². The van der Waals surface area contributed by atoms with E-state index in [1.165, 1.54) is 11.1 Å². The van der Waals surface area contributed by atoms with Crippen molar-refractivity contribution in [3.05, 3.63) is 35.4 Å². The van der Waals surface area contributed by atoms with Crippen LogP contribution in [0.5, 0.6) is 0 Å². The van der Waals surface area contributed by atoms with Crippen LogP contribution in [-0.4, -0.2) is 23.8 Å². The summed E-state index contributed by atoms with van der Waals surface area (Å²) in [6.07, 6.45) is 0.400. The molecule has 1 rings (SSSR count). The summed E-state index contributed by atoms with van der Waals surface area (Å²) in [5.41, 5.74) is 2.72. The molecule has 0 aromatic heterocycles. The smallest absolute Gasteiger partial charge is 0.0704 e. The van der Waals surface area contributed by atoms with Gasteiger partial charge in [-0.05, 0) is 23.0 Å². The maximum Gasteiger partial charge on any atom is 0.0704 e. The molecular formula is C16H27NO. The Kier molecular flexibility index (Phi) is 5.36. The van der Waals surface area contributed by atoms with Gasteiger partial charge in [0.2, 0.25) is 0 Å². The van der Waals surface area contributed by atoms with Gasteiger partial charge in [-0.25, -0.2) is 0 Å². The van der Waals surface area contributed by atoms with E-state index in [9.17, 15) is 5.11 Å². The molecule has 0 saturated heterocycles. The van der Waals surface area contributed by atoms with E-state index >= 15 is 0 Å². The zero-order valence-corrected chi connectivity index (χ0v) is 12.3. The zero-order valence-electron chi connectivity index (χ0n) is 12.3. The second-order valence-corrected chi connectivity index (χ2v) is 6.37. The van der Waals surface area contributed by atoms with Crippen molar-refractivity contribution in [3.8, 4) is 0 Å². The third-order valence-corrected chi connectivity index (χ3v) is 3.05. The predicted octanol–water partition coefficient (Wildman–Crippen LogP) is 2.89. The van der Waals surface area contributed by atoms with Crippen molar-refractivity contribution < 1.29 is 5.11 Å². The molecule has 0 bridgehead atoms. The minimum atomic E-state index is -0.312. The predicted molar refractivity (Wildman–Crippen MR) is 78.0 cm³/mol. The highest BCUT2D eigenvalue weighted by Crippen LogP contribution is 2.22. The van der Waals surface area contributed by atoms with Crippen molar-refractivity contribution in [2.45, 2.75) is 58.6 Å². The first kappa shape index (κ1) is 15.2. The van der Waals surface area contributed by atoms with Crippen LogP contribution in [0.15, 0.2) is 24.3 Å². The van der Waals surface area contributed by atoms with Gasteiger partial charge in [0.05, 0.1) is 6.10 Å². The average molecular weight is 249 g/mol. The van der Waals surface area contributed by atoms with Crippen molar-refractivity contribution in [2.24, 2.45) is 0 Å². The first-order chi connectivity index (χ1) is 8.29. The molecule has 2 N–H and O–H groups in total. The topological polar surface area (TPSA) is 32.3 Å². The summed E-state index contributed by atoms with van der Waals surface area (Å²) < 4.78 is 0. The molecule has 0 saturated carbocycles. The largest absolute Gasteiger partial charge is 0.391 e. The van der Waals surface area contributed by atoms with Crippen molar-refractivity contribution in [3.63, 3.8) is 0 Å². The maximum atomic E-state index is 9.92. The average Bonchev–Trinajstić information content (AvgIpc) is 2.26. The van der Waals surface area contributed by atoms with Gasteiger partial charge < -0.3 is 10.4 Å². The zero-order chi connectivity index (χ0) is 13.8. The Bertz CT molecular complexity index is 348. The van der Waals surface area contributed by atoms with Crippen LogP contribution >= 0.6 is 0 Å². The first-order valence-corrected chi connectivity index (χ1v) is 6.80. The minimum absolute atomic E-state index is 0.191. The summed E-state index contributed by atoms with van der Waals surface area (Å²) >= 11 is 0. The fraction of sp³-hybridized carbons (Fsp3) is 0.625. The van der Waals surface area contributed by atoms with Crippen molar-refractivity contribution in [1.29, 1.82) is 0 Å². The molecule has 18 heavy (non-hydrogen) atoms. The number of hydrogen-bond acceptors (Lipinski definition) is 2. The lowest BCUT2D eigenvalue weighted by Crippen LogP contribution is -2.33. The van der Waals surface area contributed by atoms with Crippen LogP contribution in [0.1, 0.15) is 45.7 Å². The fourth-order valence-corrected chi connectivity index (χ4v) is 1.86. The van der Waals surface area contributed by atoms with Crippen molar-refractivity contribution >= 4 is 0 Å². The number of hydrogen-bond donors (Lipinski definition) is 2. The Morgan fingerprint density at radius 1 is 1.11 bits per heavy atom. The van der Waals surface area contributed by atoms with E-state index in [4.69, 9.17) is 0 Å². The van der Waals surface area contributed by atoms with Crippen molar-refractivity contribution in [2.75, 3.05) is 6.54 Å². The molecular weight excluding hydrogens is 222 g/mol. The molecule has 1 unspecified atom stereocenters. The number of benzene rings is 1. The summed E-state index contributed by atoms with van der Waals surface area (Å²) in [5, 5.41) is 13.2. The van der Waals surface area contributed by atoms with E-state index < -0.39 is 0 Å². The number of rotatable bonds is 5. The maximum absolute atomic E-state index is 9.92. The van der Waals surface area contributed by atoms with Crippen LogP contribution in [0.4, 0.5) is 0 Å². The summed E-state index contributed by atoms with van der Waals surface area (Å²) in [5.74, 6) is 0. The van der Waals surface area contributed by atoms with E-state index in [0.717, 1.165) is 0 Å². The minimum Gasteiger partial charge on any atom is -0.391 e. The van der Waals surface area contributed by atoms with Crippen molar-refractivity contribution in [1.82, 2.24) is 5.32 Å². The molecule has 0 radical (unpaired) electrons. The number of aliphatic hydroxyl groups is 1. The van der Waals surface area contributed by atoms with Gasteiger partial charge in [-0.2, -0.15) is 0 Å². The summed E-state index contributed by atoms with van der Waals surface area (Å²) in [6, 6.07) is 9.00. The second kappa shape index (κ2) is 6.35. The van der Waals surface area contributed by atoms with Crippen LogP contribution in [0.2, 0.25) is 0 Å². The Morgan fingerprint density at radius 2 is 1.67 bits per heavy atom. The standard InChI is InChI=1S/C16H27NO/c1-12(2)17-11-15(18)10-13-6-8-14(9-7-13)16(3,4)5/h6-9,12,15,17-18H,10-11H2,1-5H3. The van der Waals surface area contributed by atoms with Gasteiger partial charge in [0.1, 0.15) is 0 Å². The Morgan fingerprint density at radius 3 is 2.11 bits per heavy atom. The van der Waals surface area contributed by atoms with E-state index in [1.807, 2.05) is 0 Å². The Balaban J connectivity index is 2.53. The Hall–Kier alpha value is -0.860. The summed E-state index contributed by atoms with van der Waals surface area (Å²) in [4.78, 5) is 0. The monoisotopic (exact) mass is 249 g/mol. The van der Waals surface area contributed by atoms with E-state index in [2.05, 4.69) is 64.2 Å². The van der Waals surface area contributed by atoms with Gasteiger partial charge >= 0.3 is 0 Å².